The van der Waals surface area contributed by atoms with Crippen LogP contribution in [0.4, 0.5) is 0 Å². The van der Waals surface area contributed by atoms with E-state index in [4.69, 9.17) is 9.47 Å². The highest BCUT2D eigenvalue weighted by Gasteiger charge is 2.34. The predicted molar refractivity (Wildman–Crippen MR) is 70.3 cm³/mol. The van der Waals surface area contributed by atoms with Crippen molar-refractivity contribution in [2.75, 3.05) is 14.2 Å². The summed E-state index contributed by atoms with van der Waals surface area (Å²) in [5.41, 5.74) is 0.720. The Balaban J connectivity index is 3.28. The van der Waals surface area contributed by atoms with Crippen molar-refractivity contribution in [2.24, 2.45) is 0 Å². The second-order valence-electron chi connectivity index (χ2n) is 3.68. The van der Waals surface area contributed by atoms with Gasteiger partial charge in [-0.15, -0.1) is 0 Å². The molecule has 0 radical (unpaired) electrons. The Hall–Kier alpha value is -0.360. The van der Waals surface area contributed by atoms with Gasteiger partial charge in [0, 0.05) is 9.65 Å². The summed E-state index contributed by atoms with van der Waals surface area (Å²) >= 11 is 6.85. The molecule has 0 aromatic rings. The van der Waals surface area contributed by atoms with Gasteiger partial charge in [-0.3, -0.25) is 0 Å². The highest BCUT2D eigenvalue weighted by molar-refractivity contribution is 9.10. The van der Waals surface area contributed by atoms with Crippen LogP contribution < -0.4 is 0 Å². The average molecular weight is 370 g/mol. The van der Waals surface area contributed by atoms with Gasteiger partial charge in [-0.25, -0.2) is 9.59 Å². The van der Waals surface area contributed by atoms with Crippen molar-refractivity contribution < 1.29 is 19.1 Å². The summed E-state index contributed by atoms with van der Waals surface area (Å²) in [4.78, 5) is 23.2. The third-order valence-corrected chi connectivity index (χ3v) is 4.47. The number of alkyl halides is 2. The standard InChI is InChI=1S/C11H14Br2O4/c1-16-10(14)8-6(12)4-3-5-7(13)9(8)11(15)17-2/h6-7H,3-5H2,1-2H3. The van der Waals surface area contributed by atoms with Crippen molar-refractivity contribution in [2.45, 2.75) is 28.9 Å². The van der Waals surface area contributed by atoms with Crippen molar-refractivity contribution in [3.05, 3.63) is 11.1 Å². The fourth-order valence-electron chi connectivity index (χ4n) is 1.80. The van der Waals surface area contributed by atoms with E-state index in [1.54, 1.807) is 0 Å². The number of rotatable bonds is 2. The fraction of sp³-hybridized carbons (Fsp3) is 0.636. The number of halogens is 2. The quantitative estimate of drug-likeness (QED) is 0.553. The highest BCUT2D eigenvalue weighted by Crippen LogP contribution is 2.34. The molecule has 0 aliphatic heterocycles. The van der Waals surface area contributed by atoms with Gasteiger partial charge in [-0.05, 0) is 12.8 Å². The smallest absolute Gasteiger partial charge is 0.335 e. The molecule has 2 atom stereocenters. The summed E-state index contributed by atoms with van der Waals surface area (Å²) in [6.45, 7) is 0. The second kappa shape index (κ2) is 6.54. The first-order valence-corrected chi connectivity index (χ1v) is 7.04. The van der Waals surface area contributed by atoms with Crippen LogP contribution in [0.3, 0.4) is 0 Å². The Bertz CT molecular complexity index is 319. The molecular formula is C11H14Br2O4. The van der Waals surface area contributed by atoms with Crippen molar-refractivity contribution in [3.63, 3.8) is 0 Å². The maximum atomic E-state index is 11.8. The van der Waals surface area contributed by atoms with Crippen LogP contribution in [0.25, 0.3) is 0 Å². The van der Waals surface area contributed by atoms with E-state index in [1.165, 1.54) is 14.2 Å². The first kappa shape index (κ1) is 14.7. The molecule has 1 aliphatic carbocycles. The number of esters is 2. The van der Waals surface area contributed by atoms with Gasteiger partial charge < -0.3 is 9.47 Å². The molecule has 0 aromatic carbocycles. The van der Waals surface area contributed by atoms with Gasteiger partial charge in [-0.1, -0.05) is 38.3 Å². The van der Waals surface area contributed by atoms with Crippen molar-refractivity contribution in [1.29, 1.82) is 0 Å². The highest BCUT2D eigenvalue weighted by atomic mass is 79.9. The molecule has 0 amide bonds. The monoisotopic (exact) mass is 368 g/mol. The molecule has 0 saturated carbocycles. The molecule has 0 bridgehead atoms. The molecule has 0 heterocycles. The summed E-state index contributed by atoms with van der Waals surface area (Å²) in [6.07, 6.45) is 2.48. The van der Waals surface area contributed by atoms with Crippen LogP contribution in [0.15, 0.2) is 11.1 Å². The summed E-state index contributed by atoms with van der Waals surface area (Å²) < 4.78 is 9.47. The molecule has 4 nitrogen and oxygen atoms in total. The van der Waals surface area contributed by atoms with Crippen LogP contribution >= 0.6 is 31.9 Å². The summed E-state index contributed by atoms with van der Waals surface area (Å²) in [7, 11) is 2.61. The number of ether oxygens (including phenoxy) is 2. The fourth-order valence-corrected chi connectivity index (χ4v) is 3.31. The number of carbonyl (C=O) groups excluding carboxylic acids is 2. The Morgan fingerprint density at radius 1 is 1.00 bits per heavy atom. The topological polar surface area (TPSA) is 52.6 Å². The lowest BCUT2D eigenvalue weighted by Crippen LogP contribution is -2.23. The molecular weight excluding hydrogens is 356 g/mol. The zero-order chi connectivity index (χ0) is 13.0. The molecule has 0 aromatic heterocycles. The van der Waals surface area contributed by atoms with E-state index in [1.807, 2.05) is 0 Å². The maximum Gasteiger partial charge on any atom is 0.335 e. The third-order valence-electron chi connectivity index (χ3n) is 2.64. The molecule has 0 spiro atoms. The lowest BCUT2D eigenvalue weighted by atomic mass is 10.0. The third kappa shape index (κ3) is 3.31. The van der Waals surface area contributed by atoms with E-state index < -0.39 is 11.9 Å². The van der Waals surface area contributed by atoms with Crippen LogP contribution in [0, 0.1) is 0 Å². The molecule has 96 valence electrons. The van der Waals surface area contributed by atoms with Gasteiger partial charge in [0.2, 0.25) is 0 Å². The minimum Gasteiger partial charge on any atom is -0.466 e. The van der Waals surface area contributed by atoms with Crippen LogP contribution in [-0.4, -0.2) is 35.8 Å². The molecule has 0 fully saturated rings. The Labute approximate surface area is 117 Å². The van der Waals surface area contributed by atoms with Gasteiger partial charge in [0.1, 0.15) is 0 Å². The second-order valence-corrected chi connectivity index (χ2v) is 5.89. The van der Waals surface area contributed by atoms with Crippen LogP contribution in [0.1, 0.15) is 19.3 Å². The van der Waals surface area contributed by atoms with E-state index in [0.29, 0.717) is 11.1 Å². The Kier molecular flexibility index (Phi) is 5.66. The average Bonchev–Trinajstić information content (AvgIpc) is 2.46. The number of hydrogen-bond donors (Lipinski definition) is 0. The normalized spacial score (nSPS) is 25.2. The molecule has 1 rings (SSSR count). The van der Waals surface area contributed by atoms with Gasteiger partial charge in [0.15, 0.2) is 0 Å². The van der Waals surface area contributed by atoms with Gasteiger partial charge in [-0.2, -0.15) is 0 Å². The maximum absolute atomic E-state index is 11.8. The number of carbonyl (C=O) groups is 2. The van der Waals surface area contributed by atoms with E-state index in [9.17, 15) is 9.59 Å². The predicted octanol–water partition coefficient (Wildman–Crippen LogP) is 2.34. The zero-order valence-corrected chi connectivity index (χ0v) is 12.8. The Morgan fingerprint density at radius 2 is 1.35 bits per heavy atom. The summed E-state index contributed by atoms with van der Waals surface area (Å²) in [5.74, 6) is -0.975. The Morgan fingerprint density at radius 3 is 1.65 bits per heavy atom. The van der Waals surface area contributed by atoms with Gasteiger partial charge in [0.05, 0.1) is 25.4 Å². The van der Waals surface area contributed by atoms with Crippen molar-refractivity contribution >= 4 is 43.8 Å². The zero-order valence-electron chi connectivity index (χ0n) is 9.66. The van der Waals surface area contributed by atoms with Crippen LogP contribution in [0.5, 0.6) is 0 Å². The van der Waals surface area contributed by atoms with E-state index in [-0.39, 0.29) is 9.65 Å². The van der Waals surface area contributed by atoms with Crippen molar-refractivity contribution in [1.82, 2.24) is 0 Å². The SMILES string of the molecule is COC(=O)C1=C(C(=O)OC)C(Br)CCCC1Br. The summed E-state index contributed by atoms with van der Waals surface area (Å²) in [6, 6.07) is 0. The van der Waals surface area contributed by atoms with Crippen molar-refractivity contribution in [3.8, 4) is 0 Å². The molecule has 1 aliphatic rings. The van der Waals surface area contributed by atoms with E-state index >= 15 is 0 Å². The molecule has 17 heavy (non-hydrogen) atoms. The number of hydrogen-bond acceptors (Lipinski definition) is 4. The van der Waals surface area contributed by atoms with Crippen LogP contribution in [-0.2, 0) is 19.1 Å². The first-order valence-electron chi connectivity index (χ1n) is 5.21. The lowest BCUT2D eigenvalue weighted by molar-refractivity contribution is -0.139. The minimum absolute atomic E-state index is 0.174. The molecule has 6 heteroatoms. The molecule has 0 saturated heterocycles. The minimum atomic E-state index is -0.487. The van der Waals surface area contributed by atoms with E-state index in [0.717, 1.165) is 19.3 Å². The van der Waals surface area contributed by atoms with Gasteiger partial charge >= 0.3 is 11.9 Å². The largest absolute Gasteiger partial charge is 0.466 e. The summed E-state index contributed by atoms with van der Waals surface area (Å²) in [5, 5.41) is 0. The van der Waals surface area contributed by atoms with Crippen LogP contribution in [0.2, 0.25) is 0 Å². The lowest BCUT2D eigenvalue weighted by Gasteiger charge is -2.15. The molecule has 0 N–H and O–H groups in total. The first-order chi connectivity index (χ1) is 8.02. The molecule has 2 unspecified atom stereocenters. The number of methoxy groups -OCH3 is 2. The van der Waals surface area contributed by atoms with Gasteiger partial charge in [0.25, 0.3) is 0 Å². The van der Waals surface area contributed by atoms with E-state index in [2.05, 4.69) is 31.9 Å².